The summed E-state index contributed by atoms with van der Waals surface area (Å²) in [4.78, 5) is 27.4. The van der Waals surface area contributed by atoms with Crippen LogP contribution in [0, 0.1) is 34.5 Å². The summed E-state index contributed by atoms with van der Waals surface area (Å²) in [6.07, 6.45) is 0.668. The Labute approximate surface area is 212 Å². The summed E-state index contributed by atoms with van der Waals surface area (Å²) in [5, 5.41) is 21.0. The van der Waals surface area contributed by atoms with E-state index in [1.165, 1.54) is 12.7 Å². The Morgan fingerprint density at radius 2 is 1.78 bits per heavy atom. The standard InChI is InChI=1S/C28H40O8/c1-12-17-11-18(29)19-16-7-6-14-10-15(36-26-23(32)24(33-5)21(30)13(2)35-26)8-9-27(14,3)20(16)22(31)25(34-12)28(17,19)4/h6,12-13,15-17,19-21,23-26,30,32H,7-11H2,1-5H3/t12-,13+,15-,16-,17-,19-,20+,21-,23+,24-,25-,26?,27-,28+/m0/s1. The van der Waals surface area contributed by atoms with Crippen LogP contribution in [0.5, 0.6) is 0 Å². The number of carbonyl (C=O) groups is 2. The zero-order valence-electron chi connectivity index (χ0n) is 21.9. The second-order valence-corrected chi connectivity index (χ2v) is 12.7. The van der Waals surface area contributed by atoms with Gasteiger partial charge in [0.15, 0.2) is 12.1 Å². The lowest BCUT2D eigenvalue weighted by Crippen LogP contribution is -2.61. The van der Waals surface area contributed by atoms with E-state index in [-0.39, 0.29) is 52.5 Å². The lowest BCUT2D eigenvalue weighted by molar-refractivity contribution is -0.309. The van der Waals surface area contributed by atoms with Gasteiger partial charge in [-0.05, 0) is 50.9 Å². The summed E-state index contributed by atoms with van der Waals surface area (Å²) >= 11 is 0. The van der Waals surface area contributed by atoms with Crippen LogP contribution in [0.2, 0.25) is 0 Å². The molecular weight excluding hydrogens is 464 g/mol. The molecule has 0 bridgehead atoms. The van der Waals surface area contributed by atoms with Crippen molar-refractivity contribution < 1.29 is 38.7 Å². The minimum atomic E-state index is -1.10. The zero-order chi connectivity index (χ0) is 25.7. The number of carbonyl (C=O) groups excluding carboxylic acids is 2. The lowest BCUT2D eigenvalue weighted by Gasteiger charge is -2.57. The van der Waals surface area contributed by atoms with E-state index in [0.717, 1.165) is 12.8 Å². The highest BCUT2D eigenvalue weighted by Gasteiger charge is 2.72. The minimum absolute atomic E-state index is 0.0321. The third-order valence-corrected chi connectivity index (χ3v) is 11.0. The SMILES string of the molecule is CO[C@H]1[C@@H](O)[C@@H](C)OC(O[C@H]2CC[C@@]3(C)C(=CC[C@H]4[C@H]5C(=O)C[C@H]6[C@H](C)O[C@@H](C(=O)[C@@H]43)[C@@]56C)C2)[C@@H]1O. The molecule has 2 N–H and O–H groups in total. The van der Waals surface area contributed by atoms with Crippen LogP contribution < -0.4 is 0 Å². The van der Waals surface area contributed by atoms with E-state index in [0.29, 0.717) is 25.0 Å². The summed E-state index contributed by atoms with van der Waals surface area (Å²) < 4.78 is 23.6. The van der Waals surface area contributed by atoms with Crippen molar-refractivity contribution in [2.24, 2.45) is 34.5 Å². The van der Waals surface area contributed by atoms with Crippen molar-refractivity contribution in [3.05, 3.63) is 11.6 Å². The smallest absolute Gasteiger partial charge is 0.186 e. The van der Waals surface area contributed by atoms with Crippen LogP contribution in [0.1, 0.15) is 59.8 Å². The molecular formula is C28H40O8. The van der Waals surface area contributed by atoms with Crippen LogP contribution in [-0.2, 0) is 28.5 Å². The first-order valence-electron chi connectivity index (χ1n) is 13.6. The van der Waals surface area contributed by atoms with Crippen LogP contribution in [0.3, 0.4) is 0 Å². The number of ketones is 2. The lowest BCUT2D eigenvalue weighted by atomic mass is 9.46. The fourth-order valence-electron chi connectivity index (χ4n) is 9.17. The number of aliphatic hydroxyl groups is 2. The van der Waals surface area contributed by atoms with Crippen molar-refractivity contribution in [3.8, 4) is 0 Å². The highest BCUT2D eigenvalue weighted by Crippen LogP contribution is 2.67. The largest absolute Gasteiger partial charge is 0.388 e. The van der Waals surface area contributed by atoms with E-state index in [2.05, 4.69) is 19.9 Å². The highest BCUT2D eigenvalue weighted by molar-refractivity contribution is 5.96. The number of methoxy groups -OCH3 is 1. The average Bonchev–Trinajstić information content (AvgIpc) is 3.25. The van der Waals surface area contributed by atoms with Gasteiger partial charge in [0.2, 0.25) is 0 Å². The van der Waals surface area contributed by atoms with Crippen molar-refractivity contribution in [1.29, 1.82) is 0 Å². The molecule has 2 heterocycles. The minimum Gasteiger partial charge on any atom is -0.388 e. The van der Waals surface area contributed by atoms with Crippen molar-refractivity contribution in [3.63, 3.8) is 0 Å². The Hall–Kier alpha value is -1.16. The van der Waals surface area contributed by atoms with E-state index < -0.39 is 36.8 Å². The third-order valence-electron chi connectivity index (χ3n) is 11.0. The Bertz CT molecular complexity index is 979. The molecule has 8 nitrogen and oxygen atoms in total. The molecule has 0 aromatic heterocycles. The van der Waals surface area contributed by atoms with Crippen LogP contribution in [0.4, 0.5) is 0 Å². The predicted molar refractivity (Wildman–Crippen MR) is 128 cm³/mol. The van der Waals surface area contributed by atoms with Gasteiger partial charge in [-0.15, -0.1) is 0 Å². The molecule has 2 saturated heterocycles. The van der Waals surface area contributed by atoms with E-state index in [9.17, 15) is 19.8 Å². The van der Waals surface area contributed by atoms with Gasteiger partial charge in [-0.25, -0.2) is 0 Å². The van der Waals surface area contributed by atoms with Gasteiger partial charge in [0, 0.05) is 36.7 Å². The highest BCUT2D eigenvalue weighted by atomic mass is 16.7. The summed E-state index contributed by atoms with van der Waals surface area (Å²) in [6.45, 7) is 8.07. The van der Waals surface area contributed by atoms with E-state index in [1.807, 2.05) is 6.92 Å². The van der Waals surface area contributed by atoms with E-state index in [1.54, 1.807) is 6.92 Å². The average molecular weight is 505 g/mol. The molecule has 1 unspecified atom stereocenters. The summed E-state index contributed by atoms with van der Waals surface area (Å²) in [5.41, 5.74) is 0.482. The number of Topliss-reactive ketones (excluding diaryl/α,β-unsaturated/α-hetero) is 2. The Morgan fingerprint density at radius 3 is 2.50 bits per heavy atom. The molecule has 6 aliphatic rings. The van der Waals surface area contributed by atoms with Crippen LogP contribution in [-0.4, -0.2) is 77.9 Å². The first-order valence-corrected chi connectivity index (χ1v) is 13.6. The molecule has 200 valence electrons. The number of allylic oxidation sites excluding steroid dienone is 1. The predicted octanol–water partition coefficient (Wildman–Crippen LogP) is 2.19. The van der Waals surface area contributed by atoms with Gasteiger partial charge in [-0.1, -0.05) is 25.5 Å². The Morgan fingerprint density at radius 1 is 1.03 bits per heavy atom. The molecule has 36 heavy (non-hydrogen) atoms. The maximum absolute atomic E-state index is 14.1. The normalized spacial score (nSPS) is 56.1. The second kappa shape index (κ2) is 8.42. The van der Waals surface area contributed by atoms with Crippen LogP contribution in [0.25, 0.3) is 0 Å². The molecule has 5 fully saturated rings. The van der Waals surface area contributed by atoms with Gasteiger partial charge >= 0.3 is 0 Å². The van der Waals surface area contributed by atoms with E-state index >= 15 is 0 Å². The fourth-order valence-corrected chi connectivity index (χ4v) is 9.17. The van der Waals surface area contributed by atoms with Crippen molar-refractivity contribution in [2.45, 2.75) is 109 Å². The van der Waals surface area contributed by atoms with Crippen LogP contribution >= 0.6 is 0 Å². The number of hydrogen-bond donors (Lipinski definition) is 2. The molecule has 0 spiro atoms. The second-order valence-electron chi connectivity index (χ2n) is 12.7. The fraction of sp³-hybridized carbons (Fsp3) is 0.857. The van der Waals surface area contributed by atoms with Gasteiger partial charge < -0.3 is 29.2 Å². The third kappa shape index (κ3) is 3.21. The number of aliphatic hydroxyl groups excluding tert-OH is 2. The van der Waals surface area contributed by atoms with Crippen LogP contribution in [0.15, 0.2) is 11.6 Å². The number of hydrogen-bond acceptors (Lipinski definition) is 8. The van der Waals surface area contributed by atoms with Gasteiger partial charge in [0.25, 0.3) is 0 Å². The Kier molecular flexibility index (Phi) is 5.88. The molecule has 6 rings (SSSR count). The molecule has 0 aromatic carbocycles. The molecule has 3 saturated carbocycles. The maximum Gasteiger partial charge on any atom is 0.186 e. The summed E-state index contributed by atoms with van der Waals surface area (Å²) in [7, 11) is 1.46. The number of ether oxygens (including phenoxy) is 4. The van der Waals surface area contributed by atoms with Crippen molar-refractivity contribution >= 4 is 11.6 Å². The zero-order valence-corrected chi connectivity index (χ0v) is 21.9. The molecule has 8 heteroatoms. The molecule has 14 atom stereocenters. The quantitative estimate of drug-likeness (QED) is 0.563. The molecule has 2 aliphatic heterocycles. The number of fused-ring (bicyclic) bond motifs is 4. The molecule has 4 aliphatic carbocycles. The summed E-state index contributed by atoms with van der Waals surface area (Å²) in [5.74, 6) is 0.324. The first kappa shape index (κ1) is 25.1. The Balaban J connectivity index is 1.24. The topological polar surface area (TPSA) is 112 Å². The summed E-state index contributed by atoms with van der Waals surface area (Å²) in [6, 6.07) is 0. The molecule has 0 aromatic rings. The van der Waals surface area contributed by atoms with E-state index in [4.69, 9.17) is 18.9 Å². The van der Waals surface area contributed by atoms with Crippen molar-refractivity contribution in [2.75, 3.05) is 7.11 Å². The van der Waals surface area contributed by atoms with Crippen molar-refractivity contribution in [1.82, 2.24) is 0 Å². The molecule has 0 radical (unpaired) electrons. The number of rotatable bonds is 3. The maximum atomic E-state index is 14.1. The van der Waals surface area contributed by atoms with Gasteiger partial charge in [-0.2, -0.15) is 0 Å². The van der Waals surface area contributed by atoms with Gasteiger partial charge in [0.05, 0.1) is 18.3 Å². The molecule has 0 amide bonds. The monoisotopic (exact) mass is 504 g/mol. The first-order chi connectivity index (χ1) is 17.0. The van der Waals surface area contributed by atoms with Gasteiger partial charge in [0.1, 0.15) is 30.2 Å². The van der Waals surface area contributed by atoms with Gasteiger partial charge in [-0.3, -0.25) is 9.59 Å².